The van der Waals surface area contributed by atoms with Gasteiger partial charge in [-0.05, 0) is 35.4 Å². The molecule has 23 heavy (non-hydrogen) atoms. The summed E-state index contributed by atoms with van der Waals surface area (Å²) in [7, 11) is 1.59. The summed E-state index contributed by atoms with van der Waals surface area (Å²) in [5.74, 6) is 0.155. The van der Waals surface area contributed by atoms with Crippen molar-refractivity contribution in [3.05, 3.63) is 64.1 Å². The second kappa shape index (κ2) is 6.39. The van der Waals surface area contributed by atoms with E-state index < -0.39 is 5.76 Å². The number of rotatable bonds is 5. The second-order valence-corrected chi connectivity index (χ2v) is 5.15. The highest BCUT2D eigenvalue weighted by molar-refractivity contribution is 5.79. The van der Waals surface area contributed by atoms with Crippen LogP contribution in [0.3, 0.4) is 0 Å². The van der Waals surface area contributed by atoms with E-state index in [1.165, 1.54) is 0 Å². The van der Waals surface area contributed by atoms with E-state index in [1.807, 2.05) is 30.3 Å². The molecule has 0 radical (unpaired) electrons. The van der Waals surface area contributed by atoms with Crippen LogP contribution in [0.5, 0.6) is 5.75 Å². The summed E-state index contributed by atoms with van der Waals surface area (Å²) in [4.78, 5) is 25.7. The van der Waals surface area contributed by atoms with E-state index in [4.69, 9.17) is 9.15 Å². The first-order valence-corrected chi connectivity index (χ1v) is 7.15. The Morgan fingerprint density at radius 1 is 1.22 bits per heavy atom. The molecule has 1 amide bonds. The number of carbonyl (C=O) groups excluding carboxylic acids is 1. The lowest BCUT2D eigenvalue weighted by Crippen LogP contribution is -2.24. The van der Waals surface area contributed by atoms with Gasteiger partial charge in [0.15, 0.2) is 5.58 Å². The maximum Gasteiger partial charge on any atom is 0.417 e. The van der Waals surface area contributed by atoms with Crippen LogP contribution in [0.1, 0.15) is 11.1 Å². The summed E-state index contributed by atoms with van der Waals surface area (Å²) in [6.07, 6.45) is 0.280. The summed E-state index contributed by atoms with van der Waals surface area (Å²) >= 11 is 0. The lowest BCUT2D eigenvalue weighted by atomic mass is 10.1. The van der Waals surface area contributed by atoms with Gasteiger partial charge in [-0.2, -0.15) is 0 Å². The van der Waals surface area contributed by atoms with Gasteiger partial charge in [0.25, 0.3) is 0 Å². The molecule has 3 aromatic rings. The van der Waals surface area contributed by atoms with Crippen molar-refractivity contribution in [1.82, 2.24) is 10.3 Å². The first-order chi connectivity index (χ1) is 11.1. The van der Waals surface area contributed by atoms with Crippen LogP contribution in [-0.2, 0) is 17.8 Å². The van der Waals surface area contributed by atoms with Gasteiger partial charge in [-0.25, -0.2) is 4.79 Å². The fourth-order valence-corrected chi connectivity index (χ4v) is 2.34. The molecule has 0 saturated heterocycles. The Bertz CT molecular complexity index is 895. The largest absolute Gasteiger partial charge is 0.497 e. The number of aromatic amines is 1. The van der Waals surface area contributed by atoms with E-state index in [-0.39, 0.29) is 12.3 Å². The number of hydrogen-bond acceptors (Lipinski definition) is 4. The predicted molar refractivity (Wildman–Crippen MR) is 85.4 cm³/mol. The Labute approximate surface area is 132 Å². The van der Waals surface area contributed by atoms with Crippen molar-refractivity contribution < 1.29 is 13.9 Å². The smallest absolute Gasteiger partial charge is 0.417 e. The van der Waals surface area contributed by atoms with Crippen molar-refractivity contribution in [3.8, 4) is 5.75 Å². The number of aromatic nitrogens is 1. The highest BCUT2D eigenvalue weighted by Gasteiger charge is 2.06. The van der Waals surface area contributed by atoms with Crippen LogP contribution in [0.15, 0.2) is 51.7 Å². The summed E-state index contributed by atoms with van der Waals surface area (Å²) in [6.45, 7) is 0.381. The van der Waals surface area contributed by atoms with Crippen LogP contribution < -0.4 is 15.8 Å². The van der Waals surface area contributed by atoms with Gasteiger partial charge in [-0.1, -0.05) is 18.2 Å². The molecule has 0 spiro atoms. The number of nitrogens with one attached hydrogen (secondary N) is 2. The second-order valence-electron chi connectivity index (χ2n) is 5.15. The number of carbonyl (C=O) groups is 1. The van der Waals surface area contributed by atoms with Gasteiger partial charge in [-0.3, -0.25) is 9.78 Å². The first kappa shape index (κ1) is 14.9. The molecule has 2 N–H and O–H groups in total. The standard InChI is InChI=1S/C17H16N2O4/c1-22-13-4-2-3-11(7-13)9-16(20)18-10-12-5-6-15-14(8-12)19-17(21)23-15/h2-8H,9-10H2,1H3,(H,18,20)(H,19,21). The van der Waals surface area contributed by atoms with Crippen LogP contribution in [0.4, 0.5) is 0 Å². The molecule has 2 aromatic carbocycles. The molecule has 0 aliphatic heterocycles. The maximum atomic E-state index is 12.0. The van der Waals surface area contributed by atoms with Gasteiger partial charge in [0.05, 0.1) is 19.0 Å². The quantitative estimate of drug-likeness (QED) is 0.754. The van der Waals surface area contributed by atoms with Gasteiger partial charge >= 0.3 is 5.76 Å². The van der Waals surface area contributed by atoms with E-state index in [1.54, 1.807) is 19.2 Å². The molecule has 118 valence electrons. The van der Waals surface area contributed by atoms with Crippen LogP contribution in [0.25, 0.3) is 11.1 Å². The number of benzene rings is 2. The summed E-state index contributed by atoms with van der Waals surface area (Å²) in [6, 6.07) is 12.7. The molecule has 1 heterocycles. The Morgan fingerprint density at radius 2 is 2.09 bits per heavy atom. The third-order valence-corrected chi connectivity index (χ3v) is 3.47. The average Bonchev–Trinajstić information content (AvgIpc) is 2.92. The van der Waals surface area contributed by atoms with Gasteiger partial charge in [0.2, 0.25) is 5.91 Å². The Morgan fingerprint density at radius 3 is 2.91 bits per heavy atom. The lowest BCUT2D eigenvalue weighted by Gasteiger charge is -2.07. The minimum Gasteiger partial charge on any atom is -0.497 e. The van der Waals surface area contributed by atoms with Crippen molar-refractivity contribution in [2.45, 2.75) is 13.0 Å². The zero-order chi connectivity index (χ0) is 16.2. The van der Waals surface area contributed by atoms with Gasteiger partial charge in [0, 0.05) is 6.54 Å². The zero-order valence-electron chi connectivity index (χ0n) is 12.6. The minimum atomic E-state index is -0.487. The molecule has 3 rings (SSSR count). The third-order valence-electron chi connectivity index (χ3n) is 3.47. The summed E-state index contributed by atoms with van der Waals surface area (Å²) < 4.78 is 10.1. The number of ether oxygens (including phenoxy) is 1. The fraction of sp³-hybridized carbons (Fsp3) is 0.176. The van der Waals surface area contributed by atoms with E-state index >= 15 is 0 Å². The topological polar surface area (TPSA) is 84.3 Å². The molecule has 0 fully saturated rings. The molecule has 0 saturated carbocycles. The number of hydrogen-bond donors (Lipinski definition) is 2. The molecule has 0 aliphatic carbocycles. The number of fused-ring (bicyclic) bond motifs is 1. The monoisotopic (exact) mass is 312 g/mol. The Hall–Kier alpha value is -3.02. The number of methoxy groups -OCH3 is 1. The number of H-pyrrole nitrogens is 1. The highest BCUT2D eigenvalue weighted by Crippen LogP contribution is 2.14. The van der Waals surface area contributed by atoms with Gasteiger partial charge in [0.1, 0.15) is 5.75 Å². The normalized spacial score (nSPS) is 10.7. The molecule has 0 unspecified atom stereocenters. The highest BCUT2D eigenvalue weighted by atomic mass is 16.5. The maximum absolute atomic E-state index is 12.0. The molecular formula is C17H16N2O4. The van der Waals surface area contributed by atoms with Crippen molar-refractivity contribution in [1.29, 1.82) is 0 Å². The van der Waals surface area contributed by atoms with Crippen LogP contribution in [0, 0.1) is 0 Å². The Kier molecular flexibility index (Phi) is 4.14. The molecule has 0 aliphatic rings. The Balaban J connectivity index is 1.62. The lowest BCUT2D eigenvalue weighted by molar-refractivity contribution is -0.120. The summed E-state index contributed by atoms with van der Waals surface area (Å²) in [5, 5.41) is 2.85. The third kappa shape index (κ3) is 3.60. The van der Waals surface area contributed by atoms with Gasteiger partial charge < -0.3 is 14.5 Å². The van der Waals surface area contributed by atoms with E-state index in [9.17, 15) is 9.59 Å². The first-order valence-electron chi connectivity index (χ1n) is 7.15. The van der Waals surface area contributed by atoms with E-state index in [0.717, 1.165) is 16.9 Å². The van der Waals surface area contributed by atoms with Crippen molar-refractivity contribution >= 4 is 17.0 Å². The van der Waals surface area contributed by atoms with Crippen LogP contribution >= 0.6 is 0 Å². The van der Waals surface area contributed by atoms with Crippen LogP contribution in [-0.4, -0.2) is 18.0 Å². The molecule has 0 atom stereocenters. The predicted octanol–water partition coefficient (Wildman–Crippen LogP) is 1.99. The SMILES string of the molecule is COc1cccc(CC(=O)NCc2ccc3oc(=O)[nH]c3c2)c1. The molecule has 6 nitrogen and oxygen atoms in total. The van der Waals surface area contributed by atoms with Crippen molar-refractivity contribution in [2.24, 2.45) is 0 Å². The average molecular weight is 312 g/mol. The van der Waals surface area contributed by atoms with E-state index in [0.29, 0.717) is 17.6 Å². The zero-order valence-corrected chi connectivity index (χ0v) is 12.6. The van der Waals surface area contributed by atoms with Crippen molar-refractivity contribution in [2.75, 3.05) is 7.11 Å². The van der Waals surface area contributed by atoms with Crippen LogP contribution in [0.2, 0.25) is 0 Å². The molecule has 1 aromatic heterocycles. The van der Waals surface area contributed by atoms with Gasteiger partial charge in [-0.15, -0.1) is 0 Å². The molecular weight excluding hydrogens is 296 g/mol. The summed E-state index contributed by atoms with van der Waals surface area (Å²) in [5.41, 5.74) is 2.89. The molecule has 0 bridgehead atoms. The minimum absolute atomic E-state index is 0.0842. The number of amides is 1. The fourth-order valence-electron chi connectivity index (χ4n) is 2.34. The van der Waals surface area contributed by atoms with Crippen molar-refractivity contribution in [3.63, 3.8) is 0 Å². The number of oxazole rings is 1. The molecule has 6 heteroatoms. The van der Waals surface area contributed by atoms with E-state index in [2.05, 4.69) is 10.3 Å².